The summed E-state index contributed by atoms with van der Waals surface area (Å²) in [6, 6.07) is 10.0. The Kier molecular flexibility index (Phi) is 7.26. The number of halogens is 2. The van der Waals surface area contributed by atoms with Gasteiger partial charge in [0.2, 0.25) is 5.92 Å². The fraction of sp³-hybridized carbons (Fsp3) is 0.519. The molecule has 3 aliphatic rings. The molecule has 5 N–H and O–H groups in total. The molecule has 3 heterocycles. The molecular weight excluding hydrogens is 591 g/mol. The van der Waals surface area contributed by atoms with E-state index in [9.17, 15) is 28.4 Å². The molecule has 1 aromatic carbocycles. The monoisotopic (exact) mass is 623 g/mol. The number of fused-ring (bicyclic) bond motifs is 2. The van der Waals surface area contributed by atoms with Gasteiger partial charge in [-0.05, 0) is 51.0 Å². The van der Waals surface area contributed by atoms with Gasteiger partial charge in [0.1, 0.15) is 53.7 Å². The molecule has 0 radical (unpaired) electrons. The van der Waals surface area contributed by atoms with E-state index in [1.165, 1.54) is 36.8 Å². The number of benzene rings is 1. The summed E-state index contributed by atoms with van der Waals surface area (Å²) in [5.74, 6) is -3.29. The van der Waals surface area contributed by atoms with Gasteiger partial charge in [-0.2, -0.15) is 10.2 Å². The van der Waals surface area contributed by atoms with Crippen molar-refractivity contribution >= 4 is 25.1 Å². The summed E-state index contributed by atoms with van der Waals surface area (Å²) in [5, 5.41) is 29.5. The number of nitrogens with one attached hydrogen (secondary N) is 1. The van der Waals surface area contributed by atoms with Crippen LogP contribution in [0.1, 0.15) is 51.3 Å². The van der Waals surface area contributed by atoms with E-state index in [-0.39, 0.29) is 24.4 Å². The summed E-state index contributed by atoms with van der Waals surface area (Å²) in [4.78, 5) is 16.8. The van der Waals surface area contributed by atoms with Crippen LogP contribution in [-0.2, 0) is 23.4 Å². The van der Waals surface area contributed by atoms with E-state index in [1.54, 1.807) is 30.3 Å². The van der Waals surface area contributed by atoms with Crippen LogP contribution in [0, 0.1) is 0 Å². The summed E-state index contributed by atoms with van der Waals surface area (Å²) in [6.07, 6.45) is -4.20. The highest BCUT2D eigenvalue weighted by molar-refractivity contribution is 7.52. The molecular formula is C27H32F2N5O8P. The lowest BCUT2D eigenvalue weighted by molar-refractivity contribution is -0.157. The van der Waals surface area contributed by atoms with Crippen molar-refractivity contribution < 1.29 is 46.9 Å². The molecule has 1 aliphatic heterocycles. The fourth-order valence-electron chi connectivity index (χ4n) is 5.84. The van der Waals surface area contributed by atoms with Gasteiger partial charge in [-0.3, -0.25) is 9.32 Å². The molecule has 3 aromatic rings. The summed E-state index contributed by atoms with van der Waals surface area (Å²) >= 11 is 0. The molecule has 232 valence electrons. The van der Waals surface area contributed by atoms with Crippen molar-refractivity contribution in [2.24, 2.45) is 0 Å². The highest BCUT2D eigenvalue weighted by Gasteiger charge is 2.87. The predicted molar refractivity (Wildman–Crippen MR) is 146 cm³/mol. The Labute approximate surface area is 244 Å². The Morgan fingerprint density at radius 2 is 1.93 bits per heavy atom. The topological polar surface area (TPSA) is 180 Å². The molecule has 0 amide bonds. The zero-order valence-corrected chi connectivity index (χ0v) is 24.2. The van der Waals surface area contributed by atoms with E-state index in [4.69, 9.17) is 24.3 Å². The average Bonchev–Trinajstić information content (AvgIpc) is 3.23. The maximum atomic E-state index is 14.1. The number of alkyl halides is 2. The number of aliphatic hydroxyl groups is 2. The first-order chi connectivity index (χ1) is 20.3. The van der Waals surface area contributed by atoms with Crippen molar-refractivity contribution in [1.29, 1.82) is 0 Å². The number of hydrogen-bond donors (Lipinski definition) is 4. The molecule has 2 aliphatic carbocycles. The first-order valence-corrected chi connectivity index (χ1v) is 15.4. The van der Waals surface area contributed by atoms with Gasteiger partial charge < -0.3 is 29.9 Å². The van der Waals surface area contributed by atoms with Crippen molar-refractivity contribution in [2.45, 2.75) is 87.1 Å². The number of nitrogens with two attached hydrogens (primary N) is 1. The zero-order chi connectivity index (χ0) is 30.8. The normalized spacial score (nSPS) is 32.1. The lowest BCUT2D eigenvalue weighted by Crippen LogP contribution is -2.40. The Hall–Kier alpha value is -3.20. The number of esters is 1. The molecule has 6 rings (SSSR count). The van der Waals surface area contributed by atoms with E-state index in [0.29, 0.717) is 11.2 Å². The quantitative estimate of drug-likeness (QED) is 0.203. The van der Waals surface area contributed by atoms with E-state index < -0.39 is 74.1 Å². The Bertz CT molecular complexity index is 1570. The predicted octanol–water partition coefficient (Wildman–Crippen LogP) is 2.92. The van der Waals surface area contributed by atoms with Crippen LogP contribution in [0.2, 0.25) is 0 Å². The molecule has 0 bridgehead atoms. The van der Waals surface area contributed by atoms with E-state index in [2.05, 4.69) is 15.2 Å². The number of nitrogens with zero attached hydrogens (tertiary/aromatic N) is 3. The zero-order valence-electron chi connectivity index (χ0n) is 23.3. The standard InChI is InChI=1S/C27H32F2N5O8P/c1-15(23(36)39-16-10-12-26(28,29)13-11-16)33-43(38,41-17-6-4-3-5-7-17)42-24-25(2)27(24,37)21(35)20(40-25)18-8-9-19-22(30)31-14-32-34(18)19/h3-9,14-16,20-21,24,35,37H,10-13H2,1-2H3,(H,33,38)(H2,30,31,32)/t15-,20-,21-,24?,25+,27+,43?/m0/s1. The lowest BCUT2D eigenvalue weighted by Gasteiger charge is -2.30. The Balaban J connectivity index is 1.19. The van der Waals surface area contributed by atoms with E-state index in [0.717, 1.165) is 0 Å². The van der Waals surface area contributed by atoms with Gasteiger partial charge in [-0.15, -0.1) is 0 Å². The third kappa shape index (κ3) is 5.17. The van der Waals surface area contributed by atoms with Crippen LogP contribution in [0.25, 0.3) is 5.52 Å². The van der Waals surface area contributed by atoms with Gasteiger partial charge in [-0.1, -0.05) is 18.2 Å². The maximum Gasteiger partial charge on any atom is 0.459 e. The Morgan fingerprint density at radius 1 is 1.23 bits per heavy atom. The van der Waals surface area contributed by atoms with Crippen LogP contribution in [0.4, 0.5) is 14.6 Å². The molecule has 7 atom stereocenters. The highest BCUT2D eigenvalue weighted by atomic mass is 31.2. The summed E-state index contributed by atoms with van der Waals surface area (Å²) in [6.45, 7) is 2.85. The molecule has 43 heavy (non-hydrogen) atoms. The van der Waals surface area contributed by atoms with Gasteiger partial charge in [0.15, 0.2) is 11.4 Å². The number of carbonyl (C=O) groups is 1. The van der Waals surface area contributed by atoms with Crippen LogP contribution in [-0.4, -0.2) is 72.3 Å². The number of anilines is 1. The van der Waals surface area contributed by atoms with E-state index in [1.807, 2.05) is 0 Å². The molecule has 3 fully saturated rings. The van der Waals surface area contributed by atoms with Crippen LogP contribution >= 0.6 is 7.75 Å². The maximum absolute atomic E-state index is 14.1. The number of carbonyl (C=O) groups excluding carboxylic acids is 1. The van der Waals surface area contributed by atoms with E-state index >= 15 is 0 Å². The van der Waals surface area contributed by atoms with Gasteiger partial charge in [0.05, 0.1) is 5.69 Å². The summed E-state index contributed by atoms with van der Waals surface area (Å²) in [7, 11) is -4.47. The number of aromatic nitrogens is 3. The largest absolute Gasteiger partial charge is 0.461 e. The van der Waals surface area contributed by atoms with Crippen LogP contribution in [0.5, 0.6) is 5.75 Å². The summed E-state index contributed by atoms with van der Waals surface area (Å²) < 4.78 is 65.6. The minimum Gasteiger partial charge on any atom is -0.461 e. The number of aliphatic hydroxyl groups excluding tert-OH is 1. The van der Waals surface area contributed by atoms with Gasteiger partial charge in [0.25, 0.3) is 0 Å². The molecule has 2 unspecified atom stereocenters. The molecule has 16 heteroatoms. The number of hydrogen-bond acceptors (Lipinski definition) is 11. The SMILES string of the molecule is C[C@H](NP(=O)(Oc1ccccc1)OC1[C@@]2(C)O[C@@H](c3ccc4c(N)ncnn34)[C@H](O)[C@@]12O)C(=O)OC1CCC(F)(F)CC1. The smallest absolute Gasteiger partial charge is 0.459 e. The van der Waals surface area contributed by atoms with Crippen LogP contribution in [0.15, 0.2) is 48.8 Å². The van der Waals surface area contributed by atoms with Crippen molar-refractivity contribution in [3.63, 3.8) is 0 Å². The van der Waals surface area contributed by atoms with Crippen molar-refractivity contribution in [2.75, 3.05) is 5.73 Å². The van der Waals surface area contributed by atoms with Crippen molar-refractivity contribution in [3.8, 4) is 5.75 Å². The first-order valence-electron chi connectivity index (χ1n) is 13.8. The minimum atomic E-state index is -4.47. The molecule has 13 nitrogen and oxygen atoms in total. The number of para-hydroxylation sites is 1. The van der Waals surface area contributed by atoms with Gasteiger partial charge in [0, 0.05) is 12.8 Å². The lowest BCUT2D eigenvalue weighted by atomic mass is 9.94. The molecule has 2 aromatic heterocycles. The average molecular weight is 624 g/mol. The molecule has 2 saturated carbocycles. The first kappa shape index (κ1) is 29.9. The summed E-state index contributed by atoms with van der Waals surface area (Å²) in [5.41, 5.74) is 3.23. The minimum absolute atomic E-state index is 0.000426. The van der Waals surface area contributed by atoms with Crippen LogP contribution in [0.3, 0.4) is 0 Å². The number of rotatable bonds is 9. The second-order valence-electron chi connectivity index (χ2n) is 11.3. The van der Waals surface area contributed by atoms with Gasteiger partial charge in [-0.25, -0.2) is 22.8 Å². The third-order valence-electron chi connectivity index (χ3n) is 8.39. The number of ether oxygens (including phenoxy) is 2. The molecule has 0 spiro atoms. The second-order valence-corrected chi connectivity index (χ2v) is 13.0. The van der Waals surface area contributed by atoms with Gasteiger partial charge >= 0.3 is 13.7 Å². The van der Waals surface area contributed by atoms with Crippen molar-refractivity contribution in [3.05, 3.63) is 54.5 Å². The number of nitrogen functional groups attached to an aromatic ring is 1. The van der Waals surface area contributed by atoms with Crippen molar-refractivity contribution in [1.82, 2.24) is 19.7 Å². The second kappa shape index (κ2) is 10.5. The third-order valence-corrected chi connectivity index (χ3v) is 10.0. The molecule has 1 saturated heterocycles. The van der Waals surface area contributed by atoms with Crippen LogP contribution < -0.4 is 15.3 Å². The fourth-order valence-corrected chi connectivity index (χ4v) is 7.62. The Morgan fingerprint density at radius 3 is 2.58 bits per heavy atom. The highest BCUT2D eigenvalue weighted by Crippen LogP contribution is 2.68.